The van der Waals surface area contributed by atoms with E-state index < -0.39 is 0 Å². The summed E-state index contributed by atoms with van der Waals surface area (Å²) in [4.78, 5) is 14.0. The van der Waals surface area contributed by atoms with E-state index in [0.717, 1.165) is 17.0 Å². The summed E-state index contributed by atoms with van der Waals surface area (Å²) in [7, 11) is 0. The monoisotopic (exact) mass is 292 g/mol. The fourth-order valence-electron chi connectivity index (χ4n) is 1.58. The van der Waals surface area contributed by atoms with Crippen LogP contribution in [0.2, 0.25) is 0 Å². The summed E-state index contributed by atoms with van der Waals surface area (Å²) in [6.45, 7) is 0.691. The Balaban J connectivity index is 1.67. The largest absolute Gasteiger partial charge is 0.399 e. The van der Waals surface area contributed by atoms with Gasteiger partial charge in [-0.15, -0.1) is 23.1 Å². The first-order chi connectivity index (χ1) is 9.24. The molecule has 3 N–H and O–H groups in total. The zero-order valence-corrected chi connectivity index (χ0v) is 12.1. The summed E-state index contributed by atoms with van der Waals surface area (Å²) in [5.74, 6) is 0.484. The number of thiophene rings is 1. The third kappa shape index (κ3) is 4.96. The molecule has 0 atom stereocenters. The molecule has 0 unspecified atom stereocenters. The Labute approximate surface area is 121 Å². The molecule has 0 saturated heterocycles. The molecular weight excluding hydrogens is 276 g/mol. The molecular formula is C14H16N2OS2. The molecule has 19 heavy (non-hydrogen) atoms. The number of benzene rings is 1. The number of carbonyl (C=O) groups is 1. The van der Waals surface area contributed by atoms with Gasteiger partial charge in [-0.05, 0) is 36.1 Å². The quantitative estimate of drug-likeness (QED) is 0.636. The minimum absolute atomic E-state index is 0.0592. The molecule has 1 heterocycles. The van der Waals surface area contributed by atoms with E-state index in [1.807, 2.05) is 35.7 Å². The van der Waals surface area contributed by atoms with Gasteiger partial charge in [0.1, 0.15) is 0 Å². The molecule has 0 saturated carbocycles. The zero-order valence-electron chi connectivity index (χ0n) is 10.5. The fourth-order valence-corrected chi connectivity index (χ4v) is 3.09. The van der Waals surface area contributed by atoms with Crippen LogP contribution in [-0.2, 0) is 11.2 Å². The van der Waals surface area contributed by atoms with Gasteiger partial charge in [-0.1, -0.05) is 12.1 Å². The van der Waals surface area contributed by atoms with Crippen LogP contribution < -0.4 is 11.1 Å². The Morgan fingerprint density at radius 3 is 2.95 bits per heavy atom. The average Bonchev–Trinajstić information content (AvgIpc) is 2.90. The lowest BCUT2D eigenvalue weighted by atomic mass is 10.3. The van der Waals surface area contributed by atoms with Crippen molar-refractivity contribution >= 4 is 34.7 Å². The number of rotatable bonds is 6. The van der Waals surface area contributed by atoms with Gasteiger partial charge < -0.3 is 11.1 Å². The van der Waals surface area contributed by atoms with Gasteiger partial charge in [-0.3, -0.25) is 4.79 Å². The molecule has 0 bridgehead atoms. The van der Waals surface area contributed by atoms with E-state index in [2.05, 4.69) is 11.4 Å². The predicted octanol–water partition coefficient (Wildman–Crippen LogP) is 2.78. The molecule has 0 aliphatic carbocycles. The second-order valence-corrected chi connectivity index (χ2v) is 6.12. The standard InChI is InChI=1S/C14H16N2OS2/c15-11-3-1-4-13(9-11)19-10-14(17)16-7-6-12-5-2-8-18-12/h1-5,8-9H,6-7,10,15H2,(H,16,17). The van der Waals surface area contributed by atoms with E-state index in [4.69, 9.17) is 5.73 Å². The van der Waals surface area contributed by atoms with Gasteiger partial charge in [0.05, 0.1) is 5.75 Å². The first-order valence-corrected chi connectivity index (χ1v) is 7.88. The van der Waals surface area contributed by atoms with Crippen LogP contribution in [-0.4, -0.2) is 18.2 Å². The zero-order chi connectivity index (χ0) is 13.5. The van der Waals surface area contributed by atoms with Gasteiger partial charge in [-0.2, -0.15) is 0 Å². The number of amides is 1. The molecule has 0 fully saturated rings. The molecule has 1 aromatic heterocycles. The molecule has 5 heteroatoms. The normalized spacial score (nSPS) is 10.3. The SMILES string of the molecule is Nc1cccc(SCC(=O)NCCc2cccs2)c1. The minimum atomic E-state index is 0.0592. The highest BCUT2D eigenvalue weighted by Crippen LogP contribution is 2.19. The van der Waals surface area contributed by atoms with Crippen LogP contribution in [0, 0.1) is 0 Å². The summed E-state index contributed by atoms with van der Waals surface area (Å²) in [5, 5.41) is 4.97. The highest BCUT2D eigenvalue weighted by Gasteiger charge is 2.03. The number of nitrogens with two attached hydrogens (primary N) is 1. The van der Waals surface area contributed by atoms with Crippen molar-refractivity contribution in [3.05, 3.63) is 46.7 Å². The Morgan fingerprint density at radius 1 is 1.32 bits per heavy atom. The molecule has 3 nitrogen and oxygen atoms in total. The first kappa shape index (κ1) is 14.0. The van der Waals surface area contributed by atoms with Crippen molar-refractivity contribution in [1.82, 2.24) is 5.32 Å². The predicted molar refractivity (Wildman–Crippen MR) is 82.6 cm³/mol. The third-order valence-corrected chi connectivity index (χ3v) is 4.43. The number of nitrogen functional groups attached to an aromatic ring is 1. The topological polar surface area (TPSA) is 55.1 Å². The van der Waals surface area contributed by atoms with Crippen molar-refractivity contribution in [2.45, 2.75) is 11.3 Å². The van der Waals surface area contributed by atoms with Crippen molar-refractivity contribution in [1.29, 1.82) is 0 Å². The number of thioether (sulfide) groups is 1. The molecule has 1 amide bonds. The summed E-state index contributed by atoms with van der Waals surface area (Å²) < 4.78 is 0. The summed E-state index contributed by atoms with van der Waals surface area (Å²) in [6.07, 6.45) is 0.895. The maximum absolute atomic E-state index is 11.7. The molecule has 1 aromatic carbocycles. The van der Waals surface area contributed by atoms with Crippen LogP contribution >= 0.6 is 23.1 Å². The second-order valence-electron chi connectivity index (χ2n) is 4.04. The van der Waals surface area contributed by atoms with Gasteiger partial charge in [-0.25, -0.2) is 0 Å². The van der Waals surface area contributed by atoms with Gasteiger partial charge in [0.25, 0.3) is 0 Å². The number of nitrogens with one attached hydrogen (secondary N) is 1. The molecule has 0 radical (unpaired) electrons. The number of hydrogen-bond acceptors (Lipinski definition) is 4. The lowest BCUT2D eigenvalue weighted by molar-refractivity contribution is -0.118. The Hall–Kier alpha value is -1.46. The van der Waals surface area contributed by atoms with Gasteiger partial charge in [0.15, 0.2) is 0 Å². The van der Waals surface area contributed by atoms with E-state index in [1.165, 1.54) is 16.6 Å². The van der Waals surface area contributed by atoms with Crippen LogP contribution in [0.1, 0.15) is 4.88 Å². The summed E-state index contributed by atoms with van der Waals surface area (Å²) in [6, 6.07) is 11.7. The molecule has 100 valence electrons. The lowest BCUT2D eigenvalue weighted by Crippen LogP contribution is -2.27. The number of hydrogen-bond donors (Lipinski definition) is 2. The van der Waals surface area contributed by atoms with Crippen molar-refractivity contribution in [2.75, 3.05) is 18.0 Å². The van der Waals surface area contributed by atoms with Crippen LogP contribution in [0.25, 0.3) is 0 Å². The van der Waals surface area contributed by atoms with E-state index in [9.17, 15) is 4.79 Å². The van der Waals surface area contributed by atoms with Crippen molar-refractivity contribution in [2.24, 2.45) is 0 Å². The smallest absolute Gasteiger partial charge is 0.230 e. The maximum atomic E-state index is 11.7. The van der Waals surface area contributed by atoms with E-state index in [0.29, 0.717) is 12.3 Å². The number of carbonyl (C=O) groups excluding carboxylic acids is 1. The van der Waals surface area contributed by atoms with Crippen molar-refractivity contribution in [3.8, 4) is 0 Å². The second kappa shape index (κ2) is 7.21. The van der Waals surface area contributed by atoms with E-state index in [1.54, 1.807) is 11.3 Å². The minimum Gasteiger partial charge on any atom is -0.399 e. The molecule has 0 spiro atoms. The van der Waals surface area contributed by atoms with E-state index in [-0.39, 0.29) is 5.91 Å². The van der Waals surface area contributed by atoms with Crippen molar-refractivity contribution < 1.29 is 4.79 Å². The molecule has 2 aromatic rings. The van der Waals surface area contributed by atoms with Crippen LogP contribution in [0.3, 0.4) is 0 Å². The fraction of sp³-hybridized carbons (Fsp3) is 0.214. The van der Waals surface area contributed by atoms with Gasteiger partial charge in [0, 0.05) is 22.0 Å². The molecule has 0 aliphatic heterocycles. The highest BCUT2D eigenvalue weighted by atomic mass is 32.2. The number of anilines is 1. The van der Waals surface area contributed by atoms with Crippen LogP contribution in [0.15, 0.2) is 46.7 Å². The maximum Gasteiger partial charge on any atom is 0.230 e. The molecule has 2 rings (SSSR count). The van der Waals surface area contributed by atoms with Gasteiger partial charge in [0.2, 0.25) is 5.91 Å². The molecule has 0 aliphatic rings. The van der Waals surface area contributed by atoms with Crippen LogP contribution in [0.4, 0.5) is 5.69 Å². The van der Waals surface area contributed by atoms with Crippen LogP contribution in [0.5, 0.6) is 0 Å². The average molecular weight is 292 g/mol. The van der Waals surface area contributed by atoms with Gasteiger partial charge >= 0.3 is 0 Å². The van der Waals surface area contributed by atoms with Crippen molar-refractivity contribution in [3.63, 3.8) is 0 Å². The Kier molecular flexibility index (Phi) is 5.30. The summed E-state index contributed by atoms with van der Waals surface area (Å²) in [5.41, 5.74) is 6.41. The lowest BCUT2D eigenvalue weighted by Gasteiger charge is -2.05. The summed E-state index contributed by atoms with van der Waals surface area (Å²) >= 11 is 3.22. The third-order valence-electron chi connectivity index (χ3n) is 2.50. The highest BCUT2D eigenvalue weighted by molar-refractivity contribution is 8.00. The Morgan fingerprint density at radius 2 is 2.21 bits per heavy atom. The van der Waals surface area contributed by atoms with E-state index >= 15 is 0 Å². The Bertz CT molecular complexity index is 526. The first-order valence-electron chi connectivity index (χ1n) is 6.01.